The molecule has 1 unspecified atom stereocenters. The summed E-state index contributed by atoms with van der Waals surface area (Å²) in [5.41, 5.74) is 6.11. The van der Waals surface area contributed by atoms with Gasteiger partial charge < -0.3 is 15.8 Å². The van der Waals surface area contributed by atoms with Crippen LogP contribution >= 0.6 is 15.9 Å². The zero-order valence-electron chi connectivity index (χ0n) is 11.4. The van der Waals surface area contributed by atoms with Gasteiger partial charge >= 0.3 is 0 Å². The third-order valence-electron chi connectivity index (χ3n) is 3.21. The largest absolute Gasteiger partial charge is 0.398 e. The highest BCUT2D eigenvalue weighted by Crippen LogP contribution is 2.26. The first-order valence-corrected chi connectivity index (χ1v) is 8.47. The normalized spacial score (nSPS) is 20.2. The molecule has 1 heterocycles. The van der Waals surface area contributed by atoms with E-state index in [0.29, 0.717) is 10.2 Å². The molecule has 0 aromatic heterocycles. The highest BCUT2D eigenvalue weighted by Gasteiger charge is 2.38. The van der Waals surface area contributed by atoms with Crippen LogP contribution < -0.4 is 11.1 Å². The number of sulfonamides is 1. The number of carbonyl (C=O) groups is 1. The second-order valence-corrected chi connectivity index (χ2v) is 7.25. The van der Waals surface area contributed by atoms with Crippen molar-refractivity contribution in [3.63, 3.8) is 0 Å². The number of hydrogen-bond donors (Lipinski definition) is 2. The lowest BCUT2D eigenvalue weighted by molar-refractivity contribution is -0.128. The molecule has 2 rings (SSSR count). The molecule has 7 nitrogen and oxygen atoms in total. The molecular weight excluding hydrogens is 362 g/mol. The van der Waals surface area contributed by atoms with Crippen molar-refractivity contribution in [2.75, 3.05) is 32.5 Å². The zero-order chi connectivity index (χ0) is 15.6. The minimum atomic E-state index is -3.80. The number of carbonyl (C=O) groups excluding carboxylic acids is 1. The van der Waals surface area contributed by atoms with Crippen molar-refractivity contribution in [1.82, 2.24) is 9.62 Å². The predicted octanol–water partition coefficient (Wildman–Crippen LogP) is 0.167. The van der Waals surface area contributed by atoms with Gasteiger partial charge in [0.2, 0.25) is 15.9 Å². The Labute approximate surface area is 131 Å². The molecule has 0 spiro atoms. The number of rotatable bonds is 3. The van der Waals surface area contributed by atoms with Crippen LogP contribution in [0, 0.1) is 0 Å². The number of anilines is 1. The fraction of sp³-hybridized carbons (Fsp3) is 0.417. The molecule has 3 N–H and O–H groups in total. The molecule has 1 aliphatic rings. The molecule has 1 amide bonds. The Morgan fingerprint density at radius 1 is 1.52 bits per heavy atom. The summed E-state index contributed by atoms with van der Waals surface area (Å²) >= 11 is 3.21. The Balaban J connectivity index is 2.40. The van der Waals surface area contributed by atoms with Gasteiger partial charge in [-0.2, -0.15) is 4.31 Å². The van der Waals surface area contributed by atoms with Gasteiger partial charge in [0.1, 0.15) is 6.04 Å². The zero-order valence-corrected chi connectivity index (χ0v) is 13.8. The van der Waals surface area contributed by atoms with Crippen molar-refractivity contribution >= 4 is 37.5 Å². The minimum absolute atomic E-state index is 0.0368. The van der Waals surface area contributed by atoms with Crippen molar-refractivity contribution in [2.24, 2.45) is 0 Å². The maximum absolute atomic E-state index is 12.7. The second kappa shape index (κ2) is 6.30. The summed E-state index contributed by atoms with van der Waals surface area (Å²) in [6.07, 6.45) is 0. The van der Waals surface area contributed by atoms with E-state index < -0.39 is 22.0 Å². The van der Waals surface area contributed by atoms with Crippen molar-refractivity contribution in [3.05, 3.63) is 22.7 Å². The Bertz CT molecular complexity index is 650. The van der Waals surface area contributed by atoms with Gasteiger partial charge in [-0.1, -0.05) is 0 Å². The Morgan fingerprint density at radius 3 is 2.86 bits per heavy atom. The molecule has 0 aliphatic carbocycles. The van der Waals surface area contributed by atoms with Crippen LogP contribution in [0.2, 0.25) is 0 Å². The third-order valence-corrected chi connectivity index (χ3v) is 5.80. The van der Waals surface area contributed by atoms with E-state index in [0.717, 1.165) is 4.31 Å². The Morgan fingerprint density at radius 2 is 2.24 bits per heavy atom. The molecule has 1 aliphatic heterocycles. The van der Waals surface area contributed by atoms with E-state index in [4.69, 9.17) is 10.5 Å². The number of nitrogens with two attached hydrogens (primary N) is 1. The van der Waals surface area contributed by atoms with Crippen LogP contribution in [0.5, 0.6) is 0 Å². The Hall–Kier alpha value is -1.16. The summed E-state index contributed by atoms with van der Waals surface area (Å²) in [5.74, 6) is -0.396. The predicted molar refractivity (Wildman–Crippen MR) is 81.1 cm³/mol. The lowest BCUT2D eigenvalue weighted by Gasteiger charge is -2.33. The van der Waals surface area contributed by atoms with Gasteiger partial charge in [0.15, 0.2) is 0 Å². The van der Waals surface area contributed by atoms with Crippen LogP contribution in [0.25, 0.3) is 0 Å². The highest BCUT2D eigenvalue weighted by molar-refractivity contribution is 9.10. The first-order valence-electron chi connectivity index (χ1n) is 6.24. The fourth-order valence-electron chi connectivity index (χ4n) is 2.05. The second-order valence-electron chi connectivity index (χ2n) is 4.50. The average Bonchev–Trinajstić information content (AvgIpc) is 2.49. The number of nitrogen functional groups attached to an aromatic ring is 1. The SMILES string of the molecule is CNC(=O)C1COCCN1S(=O)(=O)c1ccc(N)c(Br)c1. The van der Waals surface area contributed by atoms with Gasteiger partial charge in [-0.15, -0.1) is 0 Å². The summed E-state index contributed by atoms with van der Waals surface area (Å²) in [7, 11) is -2.34. The van der Waals surface area contributed by atoms with Crippen molar-refractivity contribution in [2.45, 2.75) is 10.9 Å². The quantitative estimate of drug-likeness (QED) is 0.730. The third kappa shape index (κ3) is 3.20. The number of hydrogen-bond acceptors (Lipinski definition) is 5. The maximum atomic E-state index is 12.7. The fourth-order valence-corrected chi connectivity index (χ4v) is 4.17. The molecule has 0 radical (unpaired) electrons. The van der Waals surface area contributed by atoms with Crippen molar-refractivity contribution in [1.29, 1.82) is 0 Å². The number of benzene rings is 1. The molecule has 1 atom stereocenters. The molecule has 21 heavy (non-hydrogen) atoms. The highest BCUT2D eigenvalue weighted by atomic mass is 79.9. The van der Waals surface area contributed by atoms with Crippen LogP contribution in [0.1, 0.15) is 0 Å². The maximum Gasteiger partial charge on any atom is 0.244 e. The molecule has 0 bridgehead atoms. The standard InChI is InChI=1S/C12H16BrN3O4S/c1-15-12(17)11-7-20-5-4-16(11)21(18,19)8-2-3-10(14)9(13)6-8/h2-3,6,11H,4-5,7,14H2,1H3,(H,15,17). The molecule has 1 aromatic rings. The summed E-state index contributed by atoms with van der Waals surface area (Å²) in [6.45, 7) is 0.417. The van der Waals surface area contributed by atoms with E-state index in [9.17, 15) is 13.2 Å². The molecule has 0 saturated carbocycles. The number of nitrogens with one attached hydrogen (secondary N) is 1. The number of likely N-dealkylation sites (N-methyl/N-ethyl adjacent to an activating group) is 1. The van der Waals surface area contributed by atoms with Gasteiger partial charge in [-0.3, -0.25) is 4.79 Å². The molecule has 116 valence electrons. The summed E-state index contributed by atoms with van der Waals surface area (Å²) in [5, 5.41) is 2.45. The summed E-state index contributed by atoms with van der Waals surface area (Å²) in [6, 6.07) is 3.49. The number of ether oxygens (including phenoxy) is 1. The summed E-state index contributed by atoms with van der Waals surface area (Å²) < 4.78 is 32.3. The van der Waals surface area contributed by atoms with E-state index >= 15 is 0 Å². The molecular formula is C12H16BrN3O4S. The molecule has 9 heteroatoms. The number of amides is 1. The number of halogens is 1. The van der Waals surface area contributed by atoms with E-state index in [1.54, 1.807) is 0 Å². The number of morpholine rings is 1. The molecule has 1 fully saturated rings. The topological polar surface area (TPSA) is 102 Å². The first kappa shape index (κ1) is 16.2. The van der Waals surface area contributed by atoms with Crippen LogP contribution in [0.4, 0.5) is 5.69 Å². The van der Waals surface area contributed by atoms with Crippen LogP contribution in [0.3, 0.4) is 0 Å². The lowest BCUT2D eigenvalue weighted by atomic mass is 10.2. The average molecular weight is 378 g/mol. The smallest absolute Gasteiger partial charge is 0.244 e. The van der Waals surface area contributed by atoms with Gasteiger partial charge in [-0.25, -0.2) is 8.42 Å². The van der Waals surface area contributed by atoms with Crippen molar-refractivity contribution < 1.29 is 17.9 Å². The van der Waals surface area contributed by atoms with Crippen molar-refractivity contribution in [3.8, 4) is 0 Å². The molecule has 1 saturated heterocycles. The minimum Gasteiger partial charge on any atom is -0.398 e. The van der Waals surface area contributed by atoms with Crippen LogP contribution in [0.15, 0.2) is 27.6 Å². The van der Waals surface area contributed by atoms with Crippen LogP contribution in [-0.2, 0) is 19.6 Å². The van der Waals surface area contributed by atoms with Crippen LogP contribution in [-0.4, -0.2) is 51.5 Å². The lowest BCUT2D eigenvalue weighted by Crippen LogP contribution is -2.55. The molecule has 1 aromatic carbocycles. The monoisotopic (exact) mass is 377 g/mol. The van der Waals surface area contributed by atoms with Gasteiger partial charge in [0.25, 0.3) is 0 Å². The number of nitrogens with zero attached hydrogens (tertiary/aromatic N) is 1. The van der Waals surface area contributed by atoms with E-state index in [1.807, 2.05) is 0 Å². The van der Waals surface area contributed by atoms with E-state index in [-0.39, 0.29) is 24.7 Å². The van der Waals surface area contributed by atoms with Gasteiger partial charge in [-0.05, 0) is 34.1 Å². The Kier molecular flexibility index (Phi) is 4.87. The summed E-state index contributed by atoms with van der Waals surface area (Å²) in [4.78, 5) is 11.9. The first-order chi connectivity index (χ1) is 9.87. The van der Waals surface area contributed by atoms with E-state index in [1.165, 1.54) is 25.2 Å². The van der Waals surface area contributed by atoms with Gasteiger partial charge in [0, 0.05) is 23.8 Å². The van der Waals surface area contributed by atoms with E-state index in [2.05, 4.69) is 21.2 Å². The van der Waals surface area contributed by atoms with Gasteiger partial charge in [0.05, 0.1) is 18.1 Å².